The molecule has 1 amide bonds. The quantitative estimate of drug-likeness (QED) is 0.0233. The third-order valence-corrected chi connectivity index (χ3v) is 11.4. The molecule has 66 heavy (non-hydrogen) atoms. The van der Waals surface area contributed by atoms with E-state index in [1.807, 2.05) is 152 Å². The molecule has 0 aliphatic heterocycles. The minimum absolute atomic E-state index is 0.000100. The maximum absolute atomic E-state index is 14.1. The molecule has 12 nitrogen and oxygen atoms in total. The Bertz CT molecular complexity index is 2360. The minimum Gasteiger partial charge on any atom is -0.459 e. The Hall–Kier alpha value is -6.20. The van der Waals surface area contributed by atoms with E-state index in [0.717, 1.165) is 27.8 Å². The number of amides is 1. The van der Waals surface area contributed by atoms with Gasteiger partial charge in [-0.1, -0.05) is 176 Å². The fourth-order valence-corrected chi connectivity index (χ4v) is 7.85. The number of ether oxygens (including phenoxy) is 2. The Kier molecular flexibility index (Phi) is 20.4. The first kappa shape index (κ1) is 49.2. The largest absolute Gasteiger partial charge is 0.459 e. The average Bonchev–Trinajstić information content (AvgIpc) is 3.36. The van der Waals surface area contributed by atoms with Gasteiger partial charge in [-0.2, -0.15) is 0 Å². The van der Waals surface area contributed by atoms with Gasteiger partial charge in [-0.3, -0.25) is 23.5 Å². The van der Waals surface area contributed by atoms with Gasteiger partial charge < -0.3 is 18.5 Å². The fourth-order valence-electron chi connectivity index (χ4n) is 5.92. The number of hydrogen-bond acceptors (Lipinski definition) is 11. The molecule has 6 aromatic carbocycles. The summed E-state index contributed by atoms with van der Waals surface area (Å²) in [4.78, 5) is 27.1. The van der Waals surface area contributed by atoms with E-state index in [4.69, 9.17) is 36.6 Å². The van der Waals surface area contributed by atoms with Crippen LogP contribution in [0.5, 0.6) is 11.5 Å². The van der Waals surface area contributed by atoms with Crippen molar-refractivity contribution in [2.24, 2.45) is 0 Å². The van der Waals surface area contributed by atoms with Gasteiger partial charge in [-0.15, -0.1) is 0 Å². The number of carbonyl (C=O) groups is 2. The number of hydrogen-bond donors (Lipinski definition) is 2. The summed E-state index contributed by atoms with van der Waals surface area (Å²) in [6, 6.07) is 53.7. The van der Waals surface area contributed by atoms with Crippen LogP contribution < -0.4 is 19.9 Å². The van der Waals surface area contributed by atoms with Crippen molar-refractivity contribution in [2.45, 2.75) is 51.9 Å². The Morgan fingerprint density at radius 2 is 1.12 bits per heavy atom. The second-order valence-corrected chi connectivity index (χ2v) is 16.9. The maximum atomic E-state index is 14.1. The average molecular weight is 927 g/mol. The summed E-state index contributed by atoms with van der Waals surface area (Å²) in [5.74, 6) is -0.162. The first-order valence-corrected chi connectivity index (χ1v) is 23.2. The van der Waals surface area contributed by atoms with Crippen LogP contribution >= 0.6 is 17.2 Å². The molecular weight excluding hydrogens is 875 g/mol. The Labute approximate surface area is 389 Å². The highest BCUT2D eigenvalue weighted by Crippen LogP contribution is 2.50. The van der Waals surface area contributed by atoms with Crippen LogP contribution in [-0.2, 0) is 71.8 Å². The zero-order chi connectivity index (χ0) is 46.1. The van der Waals surface area contributed by atoms with E-state index in [-0.39, 0.29) is 57.6 Å². The second-order valence-electron chi connectivity index (χ2n) is 14.6. The molecule has 0 aromatic heterocycles. The first-order valence-electron chi connectivity index (χ1n) is 21.1. The molecule has 0 spiro atoms. The van der Waals surface area contributed by atoms with E-state index in [1.54, 1.807) is 43.3 Å². The fraction of sp³-hybridized carbons (Fsp3) is 0.173. The van der Waals surface area contributed by atoms with E-state index in [1.165, 1.54) is 0 Å². The maximum Gasteiger partial charge on any atom is 0.421 e. The Morgan fingerprint density at radius 3 is 1.70 bits per heavy atom. The van der Waals surface area contributed by atoms with E-state index in [2.05, 4.69) is 23.8 Å². The Balaban J connectivity index is 1.30. The predicted octanol–water partition coefficient (Wildman–Crippen LogP) is 11.8. The van der Waals surface area contributed by atoms with E-state index in [0.29, 0.717) is 5.56 Å². The van der Waals surface area contributed by atoms with Crippen molar-refractivity contribution in [2.75, 3.05) is 6.61 Å². The number of nitrogens with one attached hydrogen (secondary N) is 2. The van der Waals surface area contributed by atoms with Crippen molar-refractivity contribution < 1.29 is 46.2 Å². The smallest absolute Gasteiger partial charge is 0.421 e. The topological polar surface area (TPSA) is 132 Å². The van der Waals surface area contributed by atoms with Crippen molar-refractivity contribution in [3.05, 3.63) is 234 Å². The van der Waals surface area contributed by atoms with Gasteiger partial charge in [0.2, 0.25) is 0 Å². The zero-order valence-corrected chi connectivity index (χ0v) is 38.3. The summed E-state index contributed by atoms with van der Waals surface area (Å²) >= 11 is 0. The molecule has 6 aromatic rings. The lowest BCUT2D eigenvalue weighted by molar-refractivity contribution is -0.152. The number of benzene rings is 6. The minimum atomic E-state index is -2.08. The molecule has 2 radical (unpaired) electrons. The van der Waals surface area contributed by atoms with Crippen LogP contribution in [0.25, 0.3) is 0 Å². The van der Waals surface area contributed by atoms with Gasteiger partial charge in [-0.05, 0) is 65.4 Å². The van der Waals surface area contributed by atoms with Crippen LogP contribution in [0, 0.1) is 13.0 Å². The summed E-state index contributed by atoms with van der Waals surface area (Å²) < 4.78 is 49.4. The monoisotopic (exact) mass is 926 g/mol. The number of rotatable bonds is 26. The van der Waals surface area contributed by atoms with Gasteiger partial charge in [0.05, 0.1) is 26.4 Å². The van der Waals surface area contributed by atoms with Crippen LogP contribution in [0.3, 0.4) is 0 Å². The molecule has 2 N–H and O–H groups in total. The standard InChI is InChI=1S/C52H52N2O10P2/c1-3-4-5-21-34-59-65(60-39-44-26-15-8-16-27-44)63-48-33-32-47(35-49(48)64-66(61-40-45-28-17-9-18-29-45)62-41-46-30-19-10-20-31-46)36-52(2,50(55)57-37-42-22-11-6-12-23-42)54-53-51(56)58-38-43-24-13-7-14-25-43/h3-26,28-33,35,54H,1,34,36-41H2,2H3,(H,53,56)/b4-3+,21-5+/t52-,65?/m0/s1. The molecule has 1 unspecified atom stereocenters. The van der Waals surface area contributed by atoms with E-state index < -0.39 is 34.8 Å². The summed E-state index contributed by atoms with van der Waals surface area (Å²) in [6.07, 6.45) is 6.28. The molecule has 6 rings (SSSR count). The second kappa shape index (κ2) is 27.3. The van der Waals surface area contributed by atoms with Crippen molar-refractivity contribution in [1.82, 2.24) is 10.9 Å². The van der Waals surface area contributed by atoms with Crippen LogP contribution in [-0.4, -0.2) is 24.2 Å². The molecule has 0 saturated carbocycles. The molecule has 0 fully saturated rings. The summed E-state index contributed by atoms with van der Waals surface area (Å²) in [5.41, 5.74) is 8.74. The van der Waals surface area contributed by atoms with E-state index >= 15 is 0 Å². The summed E-state index contributed by atoms with van der Waals surface area (Å²) in [7, 11) is -4.11. The molecule has 14 heteroatoms. The highest BCUT2D eigenvalue weighted by molar-refractivity contribution is 7.42. The van der Waals surface area contributed by atoms with Gasteiger partial charge in [0.15, 0.2) is 11.5 Å². The van der Waals surface area contributed by atoms with Gasteiger partial charge in [-0.25, -0.2) is 15.0 Å². The SMILES string of the molecule is [CH2]/C=C/C=C/COP(OCc1[c]cccc1)Oc1ccc(C[C@](C)(NNC(=O)OCc2ccccc2)C(=O)OCc2ccccc2)cc1OP(OCc1ccccc1)OCc1ccccc1. The predicted molar refractivity (Wildman–Crippen MR) is 255 cm³/mol. The third-order valence-electron chi connectivity index (χ3n) is 9.35. The first-order chi connectivity index (χ1) is 32.3. The lowest BCUT2D eigenvalue weighted by Gasteiger charge is -2.29. The van der Waals surface area contributed by atoms with Crippen molar-refractivity contribution >= 4 is 29.3 Å². The zero-order valence-electron chi connectivity index (χ0n) is 36.5. The molecule has 2 atom stereocenters. The molecule has 0 saturated heterocycles. The highest BCUT2D eigenvalue weighted by Gasteiger charge is 2.37. The van der Waals surface area contributed by atoms with Crippen molar-refractivity contribution in [3.63, 3.8) is 0 Å². The third kappa shape index (κ3) is 17.3. The normalized spacial score (nSPS) is 12.7. The highest BCUT2D eigenvalue weighted by atomic mass is 31.2. The van der Waals surface area contributed by atoms with Crippen LogP contribution in [0.15, 0.2) is 188 Å². The van der Waals surface area contributed by atoms with Gasteiger partial charge >= 0.3 is 29.3 Å². The molecule has 340 valence electrons. The lowest BCUT2D eigenvalue weighted by atomic mass is 9.93. The lowest BCUT2D eigenvalue weighted by Crippen LogP contribution is -2.59. The molecule has 0 heterocycles. The summed E-state index contributed by atoms with van der Waals surface area (Å²) in [5, 5.41) is 0. The van der Waals surface area contributed by atoms with Gasteiger partial charge in [0.25, 0.3) is 0 Å². The molecule has 0 aliphatic carbocycles. The van der Waals surface area contributed by atoms with Gasteiger partial charge in [0.1, 0.15) is 18.8 Å². The van der Waals surface area contributed by atoms with Gasteiger partial charge in [0, 0.05) is 6.42 Å². The number of allylic oxidation sites excluding steroid dienone is 3. The number of carbonyl (C=O) groups excluding carboxylic acids is 2. The summed E-state index contributed by atoms with van der Waals surface area (Å²) in [6.45, 7) is 6.09. The Morgan fingerprint density at radius 1 is 0.591 bits per heavy atom. The van der Waals surface area contributed by atoms with Crippen molar-refractivity contribution in [3.8, 4) is 11.5 Å². The number of hydrazine groups is 1. The van der Waals surface area contributed by atoms with Crippen LogP contribution in [0.4, 0.5) is 4.79 Å². The molecular formula is C52H52N2O10P2. The van der Waals surface area contributed by atoms with Crippen LogP contribution in [0.1, 0.15) is 40.3 Å². The van der Waals surface area contributed by atoms with Crippen molar-refractivity contribution in [1.29, 1.82) is 0 Å². The number of esters is 1. The molecule has 0 aliphatic rings. The molecule has 0 bridgehead atoms. The van der Waals surface area contributed by atoms with E-state index in [9.17, 15) is 9.59 Å². The van der Waals surface area contributed by atoms with Crippen LogP contribution in [0.2, 0.25) is 0 Å².